The maximum Gasteiger partial charge on any atom is 5.00 e. The van der Waals surface area contributed by atoms with Gasteiger partial charge in [0.15, 0.2) is 17.0 Å². The van der Waals surface area contributed by atoms with Gasteiger partial charge in [0.1, 0.15) is 36.0 Å². The monoisotopic (exact) mass is 1630 g/mol. The minimum Gasteiger partial charge on any atom is -1.00 e. The smallest absolute Gasteiger partial charge is 1.00 e. The summed E-state index contributed by atoms with van der Waals surface area (Å²) < 4.78 is 37.4. The molecule has 0 saturated carbocycles. The summed E-state index contributed by atoms with van der Waals surface area (Å²) >= 11 is 19.1. The second kappa shape index (κ2) is 33.9. The maximum atomic E-state index is 8.62. The molecule has 0 N–H and O–H groups in total. The van der Waals surface area contributed by atoms with Gasteiger partial charge in [0, 0.05) is 0 Å². The van der Waals surface area contributed by atoms with Gasteiger partial charge in [-0.05, 0) is 167 Å². The molecule has 20 heteroatoms. The van der Waals surface area contributed by atoms with Crippen LogP contribution in [0.1, 0.15) is 69.5 Å². The summed E-state index contributed by atoms with van der Waals surface area (Å²) in [7, 11) is -2.24. The van der Waals surface area contributed by atoms with E-state index in [1.807, 2.05) is 13.8 Å². The Kier molecular flexibility index (Phi) is 30.7. The van der Waals surface area contributed by atoms with Crippen LogP contribution in [-0.2, 0) is 52.1 Å². The molecule has 10 aromatic carbocycles. The molecule has 0 bridgehead atoms. The van der Waals surface area contributed by atoms with Gasteiger partial charge in [0.25, 0.3) is 8.38 Å². The first kappa shape index (κ1) is 81.4. The van der Waals surface area contributed by atoms with E-state index in [-0.39, 0.29) is 98.1 Å². The van der Waals surface area contributed by atoms with Crippen LogP contribution in [0, 0.1) is 41.5 Å². The van der Waals surface area contributed by atoms with E-state index >= 15 is 0 Å². The van der Waals surface area contributed by atoms with Crippen LogP contribution in [0.15, 0.2) is 207 Å². The minimum absolute atomic E-state index is 0. The molecular weight excluding hydrogens is 1570 g/mol. The van der Waals surface area contributed by atoms with Crippen LogP contribution < -0.4 is 50.8 Å². The van der Waals surface area contributed by atoms with Crippen molar-refractivity contribution in [3.8, 4) is 11.4 Å². The van der Waals surface area contributed by atoms with Crippen molar-refractivity contribution < 1.29 is 86.1 Å². The molecule has 0 radical (unpaired) electrons. The number of imidazole rings is 1. The summed E-state index contributed by atoms with van der Waals surface area (Å²) in [6.07, 6.45) is 2.80. The Hall–Kier alpha value is -4.69. The van der Waals surface area contributed by atoms with E-state index in [0.717, 1.165) is 105 Å². The van der Waals surface area contributed by atoms with Gasteiger partial charge in [-0.3, -0.25) is 0 Å². The van der Waals surface area contributed by atoms with Crippen molar-refractivity contribution in [1.82, 2.24) is 4.57 Å². The van der Waals surface area contributed by atoms with Gasteiger partial charge < -0.3 is 59.2 Å². The molecule has 2 aliphatic heterocycles. The summed E-state index contributed by atoms with van der Waals surface area (Å²) in [5, 5.41) is 9.28. The Morgan fingerprint density at radius 2 is 0.711 bits per heavy atom. The molecule has 3 heterocycles. The van der Waals surface area contributed by atoms with Crippen molar-refractivity contribution in [1.29, 1.82) is 0 Å². The van der Waals surface area contributed by atoms with Crippen LogP contribution in [-0.4, -0.2) is 57.7 Å². The summed E-state index contributed by atoms with van der Waals surface area (Å²) in [6, 6.07) is 70.5. The topological polar surface area (TPSA) is 45.7 Å². The molecule has 90 heavy (non-hydrogen) atoms. The molecule has 2 fully saturated rings. The summed E-state index contributed by atoms with van der Waals surface area (Å²) in [6.45, 7) is 17.3. The first-order valence-corrected chi connectivity index (χ1v) is 30.5. The Labute approximate surface area is 582 Å². The van der Waals surface area contributed by atoms with Gasteiger partial charge >= 0.3 is 52.4 Å². The number of ether oxygens (including phenoxy) is 2. The predicted octanol–water partition coefficient (Wildman–Crippen LogP) is -2.90. The zero-order valence-electron chi connectivity index (χ0n) is 50.1. The van der Waals surface area contributed by atoms with E-state index in [1.165, 1.54) is 11.1 Å². The molecule has 0 amide bonds. The summed E-state index contributed by atoms with van der Waals surface area (Å²) in [5.74, 6) is -1.09. The van der Waals surface area contributed by atoms with Gasteiger partial charge in [-0.1, -0.05) is 181 Å². The van der Waals surface area contributed by atoms with E-state index in [9.17, 15) is 0 Å². The first-order chi connectivity index (χ1) is 39.1. The number of rotatable bonds is 7. The minimum atomic E-state index is -2.24. The number of aromatic nitrogens is 2. The van der Waals surface area contributed by atoms with Crippen molar-refractivity contribution in [3.63, 3.8) is 0 Å². The number of alkyl halides is 4. The van der Waals surface area contributed by atoms with Crippen LogP contribution in [0.3, 0.4) is 0 Å². The van der Waals surface area contributed by atoms with Gasteiger partial charge in [0.05, 0.1) is 10.7 Å². The molecule has 0 aliphatic carbocycles. The molecule has 11 aromatic rings. The normalized spacial score (nSPS) is 15.6. The SMILES string of the molecule is Cc1cc(C)c(-n2cc[n+](-c3c(C)cc(C)cc3C)c2P2OC(c3ccc4ccccc4c3)(c3ccc4ccccc4c3)[C@H]3OC(C)(C)O[C@@H]3C(c3ccc4ccccc4c3)(c3ccc4ccccc4c3)O2)c(C)c1.ClCCl.ClCCl.[Au+].[Cl-].[F-].[F-].[F-].[F-].[F-].[F-].[Sb+5]. The van der Waals surface area contributed by atoms with Crippen molar-refractivity contribution >= 4 is 128 Å². The Bertz CT molecular complexity index is 3730. The zero-order chi connectivity index (χ0) is 56.8. The molecule has 2 aliphatic rings. The molecule has 0 spiro atoms. The average Bonchev–Trinajstić information content (AvgIpc) is 1.50. The van der Waals surface area contributed by atoms with Gasteiger partial charge in [-0.2, -0.15) is 9.13 Å². The number of fused-ring (bicyclic) bond motifs is 5. The number of aryl methyl sites for hydroxylation is 6. The fraction of sp³-hybridized carbons (Fsp3) is 0.214. The second-order valence-corrected chi connectivity index (χ2v) is 24.6. The third-order valence-corrected chi connectivity index (χ3v) is 17.4. The summed E-state index contributed by atoms with van der Waals surface area (Å²) in [4.78, 5) is 0. The average molecular weight is 1640 g/mol. The number of nitrogens with zero attached hydrogens (tertiary/aromatic N) is 2. The molecule has 0 unspecified atom stereocenters. The van der Waals surface area contributed by atoms with Crippen molar-refractivity contribution in [2.75, 3.05) is 10.7 Å². The molecule has 476 valence electrons. The fourth-order valence-electron chi connectivity index (χ4n) is 12.7. The van der Waals surface area contributed by atoms with Gasteiger partial charge in [-0.15, -0.1) is 46.4 Å². The number of benzene rings is 10. The molecule has 1 aromatic heterocycles. The molecule has 6 nitrogen and oxygen atoms in total. The second-order valence-electron chi connectivity index (χ2n) is 21.7. The largest absolute Gasteiger partial charge is 5.00 e. The van der Waals surface area contributed by atoms with Gasteiger partial charge in [0.2, 0.25) is 0 Å². The first-order valence-electron chi connectivity index (χ1n) is 27.2. The Balaban J connectivity index is 0.00000177. The maximum absolute atomic E-state index is 8.62. The quantitative estimate of drug-likeness (QED) is 0.0566. The van der Waals surface area contributed by atoms with Crippen molar-refractivity contribution in [2.24, 2.45) is 0 Å². The van der Waals surface area contributed by atoms with Crippen LogP contribution >= 0.6 is 54.8 Å². The van der Waals surface area contributed by atoms with E-state index in [0.29, 0.717) is 0 Å². The van der Waals surface area contributed by atoms with Crippen LogP contribution in [0.5, 0.6) is 0 Å². The predicted molar refractivity (Wildman–Crippen MR) is 345 cm³/mol. The van der Waals surface area contributed by atoms with E-state index in [2.05, 4.69) is 257 Å². The van der Waals surface area contributed by atoms with Crippen LogP contribution in [0.25, 0.3) is 54.5 Å². The van der Waals surface area contributed by atoms with Crippen LogP contribution in [0.2, 0.25) is 0 Å². The number of hydrogen-bond acceptors (Lipinski definition) is 4. The molecule has 13 rings (SSSR count). The Morgan fingerprint density at radius 3 is 1.01 bits per heavy atom. The number of halogens is 11. The fourth-order valence-corrected chi connectivity index (χ4v) is 14.8. The number of hydrogen-bond donors (Lipinski definition) is 0. The van der Waals surface area contributed by atoms with Gasteiger partial charge in [-0.25, -0.2) is 0 Å². The molecular formula is C70H64AuCl5F6N2O4PSb. The van der Waals surface area contributed by atoms with Crippen LogP contribution in [0.4, 0.5) is 0 Å². The van der Waals surface area contributed by atoms with E-state index in [4.69, 9.17) is 64.9 Å². The third kappa shape index (κ3) is 15.3. The molecule has 2 atom stereocenters. The van der Waals surface area contributed by atoms with E-state index < -0.39 is 37.6 Å². The van der Waals surface area contributed by atoms with E-state index in [1.54, 1.807) is 0 Å². The van der Waals surface area contributed by atoms with Crippen molar-refractivity contribution in [3.05, 3.63) is 262 Å². The summed E-state index contributed by atoms with van der Waals surface area (Å²) in [5.41, 5.74) is 11.0. The third-order valence-electron chi connectivity index (χ3n) is 15.8. The Morgan fingerprint density at radius 1 is 0.433 bits per heavy atom. The zero-order valence-corrected chi connectivity index (χ0v) is 59.5. The van der Waals surface area contributed by atoms with Crippen molar-refractivity contribution in [2.45, 2.75) is 84.6 Å². The molecule has 2 saturated heterocycles. The standard InChI is InChI=1S/C68H60N2O4P.2CH2Cl2.Au.ClH.6FH.Sb/c1-43-35-45(3)61(46(4)36-43)69-33-34-70(62-47(5)37-44(2)38-48(62)6)65(69)75-73-67(57-29-25-49-17-9-13-21-53(49)39-57,58-30-26-50-18-10-14-22-54(50)40-58)63-64(72-66(7,8)71-63)68(74-75,59-31-27-51-19-11-15-23-55(51)41-59)60-32-28-52-20-12-16-24-56(52)42-60;2*2-1-3;;;;;;;;;/h9-42,63-64H,1-8H3;2*1H2;;7*1H;/q+1;;;+1;;;;;;;;+5/p-7/t63-,64-;;;;;;;;;;;/m0.........../s1.